The summed E-state index contributed by atoms with van der Waals surface area (Å²) in [5.74, 6) is 0.110. The number of carbonyl (C=O) groups is 1. The fourth-order valence-corrected chi connectivity index (χ4v) is 4.28. The van der Waals surface area contributed by atoms with E-state index in [2.05, 4.69) is 22.2 Å². The molecule has 0 aromatic carbocycles. The number of nitrogens with one attached hydrogen (secondary N) is 1. The number of fused-ring (bicyclic) bond motifs is 1. The molecule has 0 unspecified atom stereocenters. The highest BCUT2D eigenvalue weighted by molar-refractivity contribution is 6.02. The van der Waals surface area contributed by atoms with Crippen LogP contribution < -0.4 is 15.8 Å². The summed E-state index contributed by atoms with van der Waals surface area (Å²) in [5, 5.41) is 12.7. The Morgan fingerprint density at radius 2 is 1.94 bits per heavy atom. The van der Waals surface area contributed by atoms with Gasteiger partial charge in [0.25, 0.3) is 11.5 Å². The minimum absolute atomic E-state index is 0.0595. The fourth-order valence-electron chi connectivity index (χ4n) is 4.28. The molecule has 4 rings (SSSR count). The fraction of sp³-hybridized carbons (Fsp3) is 0.478. The lowest BCUT2D eigenvalue weighted by Gasteiger charge is -2.34. The second-order valence-electron chi connectivity index (χ2n) is 8.35. The Morgan fingerprint density at radius 1 is 1.19 bits per heavy atom. The largest absolute Gasteiger partial charge is 0.353 e. The van der Waals surface area contributed by atoms with E-state index in [0.29, 0.717) is 11.5 Å². The maximum atomic E-state index is 13.3. The van der Waals surface area contributed by atoms with Crippen molar-refractivity contribution in [2.24, 2.45) is 0 Å². The number of hydrogen-bond acceptors (Lipinski definition) is 6. The number of aromatic nitrogens is 2. The van der Waals surface area contributed by atoms with Crippen LogP contribution >= 0.6 is 0 Å². The number of piperazine rings is 1. The molecule has 1 N–H and O–H groups in total. The quantitative estimate of drug-likeness (QED) is 0.599. The molecule has 2 fully saturated rings. The van der Waals surface area contributed by atoms with Crippen LogP contribution in [0.1, 0.15) is 37.7 Å². The Hall–Kier alpha value is -3.18. The zero-order valence-corrected chi connectivity index (χ0v) is 17.9. The monoisotopic (exact) mass is 420 g/mol. The average molecular weight is 421 g/mol. The predicted molar refractivity (Wildman–Crippen MR) is 120 cm³/mol. The number of nitriles is 1. The topological polar surface area (TPSA) is 93.7 Å². The second kappa shape index (κ2) is 9.31. The Kier molecular flexibility index (Phi) is 6.33. The molecule has 2 aliphatic rings. The molecule has 1 saturated carbocycles. The molecule has 0 radical (unpaired) electrons. The molecule has 8 heteroatoms. The Bertz CT molecular complexity index is 1090. The summed E-state index contributed by atoms with van der Waals surface area (Å²) in [6.45, 7) is 3.16. The summed E-state index contributed by atoms with van der Waals surface area (Å²) in [7, 11) is 2.06. The number of amides is 1. The van der Waals surface area contributed by atoms with Gasteiger partial charge in [0.05, 0.1) is 5.56 Å². The number of hydrogen-bond donors (Lipinski definition) is 1. The highest BCUT2D eigenvalue weighted by atomic mass is 16.2. The molecule has 1 amide bonds. The zero-order valence-electron chi connectivity index (χ0n) is 17.9. The van der Waals surface area contributed by atoms with E-state index in [1.54, 1.807) is 18.3 Å². The molecule has 1 aliphatic heterocycles. The van der Waals surface area contributed by atoms with Crippen molar-refractivity contribution in [1.29, 1.82) is 5.26 Å². The summed E-state index contributed by atoms with van der Waals surface area (Å²) >= 11 is 0. The number of carbonyl (C=O) groups excluding carboxylic acids is 1. The lowest BCUT2D eigenvalue weighted by molar-refractivity contribution is -0.117. The predicted octanol–water partition coefficient (Wildman–Crippen LogP) is 1.80. The summed E-state index contributed by atoms with van der Waals surface area (Å²) < 4.78 is 1.46. The Morgan fingerprint density at radius 3 is 2.65 bits per heavy atom. The maximum absolute atomic E-state index is 13.3. The van der Waals surface area contributed by atoms with Crippen LogP contribution in [0, 0.1) is 11.3 Å². The summed E-state index contributed by atoms with van der Waals surface area (Å²) in [6.07, 6.45) is 8.28. The van der Waals surface area contributed by atoms with E-state index >= 15 is 0 Å². The van der Waals surface area contributed by atoms with Gasteiger partial charge < -0.3 is 15.1 Å². The van der Waals surface area contributed by atoms with Gasteiger partial charge >= 0.3 is 0 Å². The summed E-state index contributed by atoms with van der Waals surface area (Å²) in [4.78, 5) is 35.1. The molecular weight excluding hydrogens is 392 g/mol. The van der Waals surface area contributed by atoms with Crippen molar-refractivity contribution in [3.8, 4) is 6.07 Å². The molecule has 1 saturated heterocycles. The standard InChI is InChI=1S/C23H28N6O2/c1-27-11-13-28(14-12-27)21-19(23(31)29-10-6-5-9-20(29)26-21)15-17(16-24)22(30)25-18-7-3-2-4-8-18/h5-6,9-10,15,18H,2-4,7-8,11-14H2,1H3,(H,25,30)/b17-15+. The van der Waals surface area contributed by atoms with E-state index in [-0.39, 0.29) is 22.7 Å². The molecule has 2 aromatic rings. The molecule has 8 nitrogen and oxygen atoms in total. The average Bonchev–Trinajstić information content (AvgIpc) is 2.79. The van der Waals surface area contributed by atoms with E-state index in [9.17, 15) is 14.9 Å². The minimum atomic E-state index is -0.420. The number of likely N-dealkylation sites (N-methyl/N-ethyl adjacent to an activating group) is 1. The van der Waals surface area contributed by atoms with Gasteiger partial charge in [-0.2, -0.15) is 5.26 Å². The minimum Gasteiger partial charge on any atom is -0.353 e. The van der Waals surface area contributed by atoms with Crippen molar-refractivity contribution in [1.82, 2.24) is 19.6 Å². The van der Waals surface area contributed by atoms with Crippen molar-refractivity contribution in [2.45, 2.75) is 38.1 Å². The summed E-state index contributed by atoms with van der Waals surface area (Å²) in [5.41, 5.74) is 0.487. The first-order valence-corrected chi connectivity index (χ1v) is 10.9. The van der Waals surface area contributed by atoms with Crippen molar-refractivity contribution >= 4 is 23.4 Å². The van der Waals surface area contributed by atoms with Gasteiger partial charge in [-0.15, -0.1) is 0 Å². The molecule has 31 heavy (non-hydrogen) atoms. The molecule has 0 atom stereocenters. The van der Waals surface area contributed by atoms with Crippen LogP contribution in [0.5, 0.6) is 0 Å². The zero-order chi connectivity index (χ0) is 21.8. The first kappa shape index (κ1) is 21.1. The molecule has 162 valence electrons. The van der Waals surface area contributed by atoms with E-state index in [1.165, 1.54) is 16.9 Å². The van der Waals surface area contributed by atoms with Crippen LogP contribution in [0.25, 0.3) is 11.7 Å². The summed E-state index contributed by atoms with van der Waals surface area (Å²) in [6, 6.07) is 7.48. The van der Waals surface area contributed by atoms with Gasteiger partial charge in [0.2, 0.25) is 0 Å². The third kappa shape index (κ3) is 4.62. The third-order valence-electron chi connectivity index (χ3n) is 6.15. The van der Waals surface area contributed by atoms with Gasteiger partial charge in [-0.3, -0.25) is 14.0 Å². The van der Waals surface area contributed by atoms with Gasteiger partial charge in [0, 0.05) is 38.4 Å². The number of nitrogens with zero attached hydrogens (tertiary/aromatic N) is 5. The Labute approximate surface area is 181 Å². The van der Waals surface area contributed by atoms with Crippen molar-refractivity contribution in [3.05, 3.63) is 45.9 Å². The smallest absolute Gasteiger partial charge is 0.267 e. The van der Waals surface area contributed by atoms with Crippen molar-refractivity contribution in [3.63, 3.8) is 0 Å². The van der Waals surface area contributed by atoms with Crippen molar-refractivity contribution < 1.29 is 4.79 Å². The highest BCUT2D eigenvalue weighted by Gasteiger charge is 2.23. The first-order chi connectivity index (χ1) is 15.1. The normalized spacial score (nSPS) is 18.7. The molecule has 1 aliphatic carbocycles. The van der Waals surface area contributed by atoms with Crippen LogP contribution in [-0.4, -0.2) is 59.5 Å². The number of rotatable bonds is 4. The molecule has 2 aromatic heterocycles. The third-order valence-corrected chi connectivity index (χ3v) is 6.15. The molecular formula is C23H28N6O2. The second-order valence-corrected chi connectivity index (χ2v) is 8.35. The van der Waals surface area contributed by atoms with Gasteiger partial charge in [-0.1, -0.05) is 25.3 Å². The SMILES string of the molecule is CN1CCN(c2nc3ccccn3c(=O)c2/C=C(\C#N)C(=O)NC2CCCCC2)CC1. The maximum Gasteiger partial charge on any atom is 0.267 e. The van der Waals surface area contributed by atoms with Crippen LogP contribution in [0.3, 0.4) is 0 Å². The van der Waals surface area contributed by atoms with Crippen LogP contribution in [-0.2, 0) is 4.79 Å². The van der Waals surface area contributed by atoms with Crippen LogP contribution in [0.4, 0.5) is 5.82 Å². The first-order valence-electron chi connectivity index (χ1n) is 10.9. The lowest BCUT2D eigenvalue weighted by Crippen LogP contribution is -2.45. The number of pyridine rings is 1. The molecule has 3 heterocycles. The van der Waals surface area contributed by atoms with E-state index in [0.717, 1.165) is 51.9 Å². The van der Waals surface area contributed by atoms with Gasteiger partial charge in [-0.05, 0) is 38.1 Å². The van der Waals surface area contributed by atoms with Gasteiger partial charge in [0.15, 0.2) is 0 Å². The van der Waals surface area contributed by atoms with E-state index in [4.69, 9.17) is 4.98 Å². The van der Waals surface area contributed by atoms with Gasteiger partial charge in [0.1, 0.15) is 23.1 Å². The van der Waals surface area contributed by atoms with E-state index in [1.807, 2.05) is 12.1 Å². The van der Waals surface area contributed by atoms with Gasteiger partial charge in [-0.25, -0.2) is 4.98 Å². The lowest BCUT2D eigenvalue weighted by atomic mass is 9.95. The van der Waals surface area contributed by atoms with Crippen molar-refractivity contribution in [2.75, 3.05) is 38.1 Å². The highest BCUT2D eigenvalue weighted by Crippen LogP contribution is 2.21. The molecule has 0 bridgehead atoms. The molecule has 0 spiro atoms. The van der Waals surface area contributed by atoms with E-state index < -0.39 is 5.91 Å². The Balaban J connectivity index is 1.74. The van der Waals surface area contributed by atoms with Crippen LogP contribution in [0.15, 0.2) is 34.8 Å². The number of anilines is 1. The van der Waals surface area contributed by atoms with Crippen LogP contribution in [0.2, 0.25) is 0 Å².